The van der Waals surface area contributed by atoms with E-state index in [2.05, 4.69) is 4.98 Å². The van der Waals surface area contributed by atoms with Gasteiger partial charge in [0, 0.05) is 12.6 Å². The highest BCUT2D eigenvalue weighted by Gasteiger charge is 2.22. The van der Waals surface area contributed by atoms with E-state index in [1.165, 1.54) is 11.3 Å². The van der Waals surface area contributed by atoms with E-state index < -0.39 is 0 Å². The summed E-state index contributed by atoms with van der Waals surface area (Å²) < 4.78 is 5.43. The molecular formula is C17H22N2O3S. The summed E-state index contributed by atoms with van der Waals surface area (Å²) in [7, 11) is 1.69. The number of aromatic nitrogens is 1. The Labute approximate surface area is 140 Å². The number of amides is 1. The molecule has 0 radical (unpaired) electrons. The van der Waals surface area contributed by atoms with Crippen molar-refractivity contribution in [2.45, 2.75) is 26.8 Å². The number of thiazole rings is 1. The molecule has 0 aliphatic carbocycles. The number of aryl methyl sites for hydroxylation is 1. The van der Waals surface area contributed by atoms with Crippen LogP contribution >= 0.6 is 11.3 Å². The first-order valence-electron chi connectivity index (χ1n) is 7.56. The van der Waals surface area contributed by atoms with Crippen LogP contribution in [-0.4, -0.2) is 47.2 Å². The first-order valence-corrected chi connectivity index (χ1v) is 8.38. The van der Waals surface area contributed by atoms with Crippen LogP contribution in [0.4, 0.5) is 0 Å². The highest BCUT2D eigenvalue weighted by atomic mass is 32.1. The van der Waals surface area contributed by atoms with Crippen LogP contribution in [0.5, 0.6) is 5.75 Å². The van der Waals surface area contributed by atoms with Gasteiger partial charge in [-0.15, -0.1) is 11.3 Å². The van der Waals surface area contributed by atoms with Crippen LogP contribution in [0.1, 0.15) is 29.2 Å². The highest BCUT2D eigenvalue weighted by Crippen LogP contribution is 2.30. The maximum Gasteiger partial charge on any atom is 0.265 e. The van der Waals surface area contributed by atoms with E-state index in [4.69, 9.17) is 4.74 Å². The molecule has 1 N–H and O–H groups in total. The molecule has 0 saturated carbocycles. The van der Waals surface area contributed by atoms with Crippen molar-refractivity contribution in [2.75, 3.05) is 20.3 Å². The van der Waals surface area contributed by atoms with E-state index in [0.29, 0.717) is 17.2 Å². The van der Waals surface area contributed by atoms with Crippen LogP contribution in [0.25, 0.3) is 10.6 Å². The van der Waals surface area contributed by atoms with Gasteiger partial charge in [0.1, 0.15) is 15.6 Å². The van der Waals surface area contributed by atoms with Gasteiger partial charge >= 0.3 is 0 Å². The first-order chi connectivity index (χ1) is 11.0. The zero-order chi connectivity index (χ0) is 17.0. The third-order valence-electron chi connectivity index (χ3n) is 3.65. The fourth-order valence-electron chi connectivity index (χ4n) is 2.06. The summed E-state index contributed by atoms with van der Waals surface area (Å²) in [6.45, 7) is 6.15. The van der Waals surface area contributed by atoms with Gasteiger partial charge in [-0.1, -0.05) is 0 Å². The topological polar surface area (TPSA) is 62.7 Å². The molecule has 2 rings (SSSR count). The van der Waals surface area contributed by atoms with Crippen LogP contribution in [0.2, 0.25) is 0 Å². The van der Waals surface area contributed by atoms with Crippen molar-refractivity contribution in [3.05, 3.63) is 34.8 Å². The molecular weight excluding hydrogens is 312 g/mol. The molecule has 1 aromatic heterocycles. The quantitative estimate of drug-likeness (QED) is 0.882. The summed E-state index contributed by atoms with van der Waals surface area (Å²) in [4.78, 5) is 19.2. The minimum Gasteiger partial charge on any atom is -0.494 e. The Morgan fingerprint density at radius 3 is 2.61 bits per heavy atom. The van der Waals surface area contributed by atoms with E-state index in [-0.39, 0.29) is 18.6 Å². The van der Waals surface area contributed by atoms with Crippen molar-refractivity contribution in [3.63, 3.8) is 0 Å². The molecule has 0 saturated heterocycles. The molecule has 6 heteroatoms. The van der Waals surface area contributed by atoms with Gasteiger partial charge in [-0.25, -0.2) is 4.98 Å². The van der Waals surface area contributed by atoms with Crippen molar-refractivity contribution in [1.29, 1.82) is 0 Å². The number of aliphatic hydroxyl groups is 1. The minimum atomic E-state index is -0.224. The van der Waals surface area contributed by atoms with Crippen molar-refractivity contribution in [2.24, 2.45) is 0 Å². The Morgan fingerprint density at radius 2 is 2.04 bits per heavy atom. The number of ether oxygens (including phenoxy) is 1. The number of likely N-dealkylation sites (N-methyl/N-ethyl adjacent to an activating group) is 1. The van der Waals surface area contributed by atoms with Gasteiger partial charge in [0.25, 0.3) is 5.91 Å². The number of nitrogens with zero attached hydrogens (tertiary/aromatic N) is 2. The number of aliphatic hydroxyl groups excluding tert-OH is 1. The molecule has 5 nitrogen and oxygen atoms in total. The molecule has 23 heavy (non-hydrogen) atoms. The number of hydrogen-bond acceptors (Lipinski definition) is 5. The number of rotatable bonds is 6. The fourth-order valence-corrected chi connectivity index (χ4v) is 3.12. The standard InChI is InChI=1S/C17H22N2O3S/c1-5-22-14-8-6-13(7-9-14)16-18-12(3)15(23-16)17(21)19(4)11(2)10-20/h6-9,11,20H,5,10H2,1-4H3. The lowest BCUT2D eigenvalue weighted by atomic mass is 10.2. The molecule has 1 atom stereocenters. The summed E-state index contributed by atoms with van der Waals surface area (Å²) in [5.74, 6) is 0.705. The lowest BCUT2D eigenvalue weighted by Gasteiger charge is -2.22. The van der Waals surface area contributed by atoms with Crippen LogP contribution in [-0.2, 0) is 0 Å². The molecule has 0 aliphatic rings. The minimum absolute atomic E-state index is 0.0637. The molecule has 0 aliphatic heterocycles. The summed E-state index contributed by atoms with van der Waals surface area (Å²) in [6.07, 6.45) is 0. The fraction of sp³-hybridized carbons (Fsp3) is 0.412. The zero-order valence-electron chi connectivity index (χ0n) is 13.9. The lowest BCUT2D eigenvalue weighted by molar-refractivity contribution is 0.0686. The Hall–Kier alpha value is -1.92. The van der Waals surface area contributed by atoms with Crippen molar-refractivity contribution in [3.8, 4) is 16.3 Å². The Morgan fingerprint density at radius 1 is 1.39 bits per heavy atom. The van der Waals surface area contributed by atoms with Crippen LogP contribution in [0.15, 0.2) is 24.3 Å². The predicted octanol–water partition coefficient (Wildman–Crippen LogP) is 2.97. The largest absolute Gasteiger partial charge is 0.494 e. The summed E-state index contributed by atoms with van der Waals surface area (Å²) in [5, 5.41) is 10.0. The Balaban J connectivity index is 2.25. The molecule has 2 aromatic rings. The smallest absolute Gasteiger partial charge is 0.265 e. The highest BCUT2D eigenvalue weighted by molar-refractivity contribution is 7.17. The zero-order valence-corrected chi connectivity index (χ0v) is 14.7. The lowest BCUT2D eigenvalue weighted by Crippen LogP contribution is -2.37. The predicted molar refractivity (Wildman–Crippen MR) is 92.1 cm³/mol. The maximum atomic E-state index is 12.5. The van der Waals surface area contributed by atoms with Gasteiger partial charge in [-0.3, -0.25) is 4.79 Å². The average Bonchev–Trinajstić information content (AvgIpc) is 2.95. The Bertz CT molecular complexity index is 667. The SMILES string of the molecule is CCOc1ccc(-c2nc(C)c(C(=O)N(C)C(C)CO)s2)cc1. The third-order valence-corrected chi connectivity index (χ3v) is 4.84. The normalized spacial score (nSPS) is 12.0. The van der Waals surface area contributed by atoms with Gasteiger partial charge in [0.15, 0.2) is 0 Å². The van der Waals surface area contributed by atoms with Gasteiger partial charge < -0.3 is 14.7 Å². The van der Waals surface area contributed by atoms with E-state index in [9.17, 15) is 9.90 Å². The van der Waals surface area contributed by atoms with Crippen LogP contribution in [0, 0.1) is 6.92 Å². The van der Waals surface area contributed by atoms with Gasteiger partial charge in [-0.2, -0.15) is 0 Å². The number of carbonyl (C=O) groups excluding carboxylic acids is 1. The Kier molecular flexibility index (Phi) is 5.74. The van der Waals surface area contributed by atoms with Gasteiger partial charge in [0.05, 0.1) is 24.9 Å². The molecule has 1 aromatic carbocycles. The van der Waals surface area contributed by atoms with Crippen molar-refractivity contribution < 1.29 is 14.6 Å². The summed E-state index contributed by atoms with van der Waals surface area (Å²) in [5.41, 5.74) is 1.67. The van der Waals surface area contributed by atoms with E-state index in [0.717, 1.165) is 16.3 Å². The second-order valence-corrected chi connectivity index (χ2v) is 6.34. The molecule has 1 unspecified atom stereocenters. The molecule has 1 amide bonds. The molecule has 1 heterocycles. The number of benzene rings is 1. The summed E-state index contributed by atoms with van der Waals surface area (Å²) in [6, 6.07) is 7.46. The maximum absolute atomic E-state index is 12.5. The number of hydrogen-bond donors (Lipinski definition) is 1. The van der Waals surface area contributed by atoms with Crippen LogP contribution < -0.4 is 4.74 Å². The summed E-state index contributed by atoms with van der Waals surface area (Å²) >= 11 is 1.37. The van der Waals surface area contributed by atoms with E-state index in [1.54, 1.807) is 11.9 Å². The van der Waals surface area contributed by atoms with Gasteiger partial charge in [0.2, 0.25) is 0 Å². The second-order valence-electron chi connectivity index (χ2n) is 5.34. The molecule has 124 valence electrons. The number of carbonyl (C=O) groups is 1. The van der Waals surface area contributed by atoms with Gasteiger partial charge in [-0.05, 0) is 45.0 Å². The monoisotopic (exact) mass is 334 g/mol. The third kappa shape index (κ3) is 3.89. The molecule has 0 spiro atoms. The van der Waals surface area contributed by atoms with E-state index in [1.807, 2.05) is 45.0 Å². The van der Waals surface area contributed by atoms with E-state index >= 15 is 0 Å². The average molecular weight is 334 g/mol. The second kappa shape index (κ2) is 7.57. The first kappa shape index (κ1) is 17.4. The van der Waals surface area contributed by atoms with Crippen molar-refractivity contribution >= 4 is 17.2 Å². The molecule has 0 fully saturated rings. The van der Waals surface area contributed by atoms with Crippen LogP contribution in [0.3, 0.4) is 0 Å². The van der Waals surface area contributed by atoms with Crippen molar-refractivity contribution in [1.82, 2.24) is 9.88 Å². The molecule has 0 bridgehead atoms.